The quantitative estimate of drug-likeness (QED) is 0.826. The Morgan fingerprint density at radius 2 is 2.00 bits per heavy atom. The maximum atomic E-state index is 10.3. The number of benzene rings is 1. The van der Waals surface area contributed by atoms with Crippen LogP contribution < -0.4 is 9.70 Å². The molecule has 2 aromatic rings. The lowest BCUT2D eigenvalue weighted by atomic mass is 10.2. The second-order valence-electron chi connectivity index (χ2n) is 5.11. The van der Waals surface area contributed by atoms with Crippen LogP contribution in [0.4, 0.5) is 5.69 Å². The predicted molar refractivity (Wildman–Crippen MR) is 97.8 cm³/mol. The van der Waals surface area contributed by atoms with E-state index in [2.05, 4.69) is 28.8 Å². The third kappa shape index (κ3) is 4.01. The summed E-state index contributed by atoms with van der Waals surface area (Å²) < 4.78 is 1.80. The summed E-state index contributed by atoms with van der Waals surface area (Å²) in [4.78, 5) is 7.47. The lowest BCUT2D eigenvalue weighted by molar-refractivity contribution is 0.474. The van der Waals surface area contributed by atoms with Crippen molar-refractivity contribution in [3.8, 4) is 5.75 Å². The van der Waals surface area contributed by atoms with E-state index >= 15 is 0 Å². The molecule has 0 radical (unpaired) electrons. The molecule has 0 amide bonds. The minimum atomic E-state index is 0.237. The minimum Gasteiger partial charge on any atom is -0.507 e. The van der Waals surface area contributed by atoms with Gasteiger partial charge in [-0.25, -0.2) is 4.68 Å². The van der Waals surface area contributed by atoms with Gasteiger partial charge in [0, 0.05) is 42.3 Å². The van der Waals surface area contributed by atoms with E-state index in [0.29, 0.717) is 5.56 Å². The molecule has 0 atom stereocenters. The van der Waals surface area contributed by atoms with Crippen LogP contribution in [-0.2, 0) is 0 Å². The van der Waals surface area contributed by atoms with Crippen LogP contribution in [0.3, 0.4) is 0 Å². The zero-order valence-electron chi connectivity index (χ0n) is 14.2. The number of nitrogens with zero attached hydrogens (tertiary/aromatic N) is 4. The van der Waals surface area contributed by atoms with Gasteiger partial charge < -0.3 is 10.0 Å². The van der Waals surface area contributed by atoms with Crippen molar-refractivity contribution in [1.29, 1.82) is 0 Å². The third-order valence-electron chi connectivity index (χ3n) is 3.60. The van der Waals surface area contributed by atoms with Crippen LogP contribution >= 0.6 is 11.3 Å². The van der Waals surface area contributed by atoms with Crippen molar-refractivity contribution >= 4 is 23.2 Å². The summed E-state index contributed by atoms with van der Waals surface area (Å²) in [6, 6.07) is 5.69. The van der Waals surface area contributed by atoms with Gasteiger partial charge in [0.1, 0.15) is 5.75 Å². The molecule has 1 heterocycles. The average Bonchev–Trinajstić information content (AvgIpc) is 2.88. The van der Waals surface area contributed by atoms with Crippen molar-refractivity contribution in [3.63, 3.8) is 0 Å². The third-order valence-corrected chi connectivity index (χ3v) is 4.57. The maximum absolute atomic E-state index is 10.3. The molecule has 0 saturated carbocycles. The van der Waals surface area contributed by atoms with Gasteiger partial charge in [0.05, 0.1) is 11.9 Å². The number of aryl methyl sites for hydroxylation is 1. The summed E-state index contributed by atoms with van der Waals surface area (Å²) in [5, 5.41) is 16.7. The normalized spacial score (nSPS) is 12.3. The summed E-state index contributed by atoms with van der Waals surface area (Å²) >= 11 is 1.57. The molecule has 5 nitrogen and oxygen atoms in total. The van der Waals surface area contributed by atoms with Gasteiger partial charge in [0.25, 0.3) is 0 Å². The maximum Gasteiger partial charge on any atom is 0.205 e. The van der Waals surface area contributed by atoms with E-state index in [1.54, 1.807) is 28.3 Å². The lowest BCUT2D eigenvalue weighted by Crippen LogP contribution is -2.21. The van der Waals surface area contributed by atoms with Crippen LogP contribution in [0.1, 0.15) is 32.0 Å². The smallest absolute Gasteiger partial charge is 0.205 e. The average molecular weight is 332 g/mol. The lowest BCUT2D eigenvalue weighted by Gasteiger charge is -2.21. The van der Waals surface area contributed by atoms with Crippen LogP contribution in [0.5, 0.6) is 5.75 Å². The Kier molecular flexibility index (Phi) is 5.98. The van der Waals surface area contributed by atoms with Crippen LogP contribution in [0.25, 0.3) is 0 Å². The molecule has 23 heavy (non-hydrogen) atoms. The van der Waals surface area contributed by atoms with Crippen molar-refractivity contribution in [1.82, 2.24) is 4.68 Å². The number of phenolic OH excluding ortho intramolecular Hbond substituents is 1. The molecule has 1 aromatic heterocycles. The summed E-state index contributed by atoms with van der Waals surface area (Å²) in [5.41, 5.74) is 2.74. The Morgan fingerprint density at radius 1 is 1.26 bits per heavy atom. The Morgan fingerprint density at radius 3 is 2.61 bits per heavy atom. The molecule has 0 saturated heterocycles. The van der Waals surface area contributed by atoms with Crippen molar-refractivity contribution in [2.75, 3.05) is 24.5 Å². The van der Waals surface area contributed by atoms with Crippen LogP contribution in [0.15, 0.2) is 33.7 Å². The summed E-state index contributed by atoms with van der Waals surface area (Å²) in [6.07, 6.45) is 1.68. The van der Waals surface area contributed by atoms with Gasteiger partial charge in [-0.2, -0.15) is 5.10 Å². The van der Waals surface area contributed by atoms with Crippen molar-refractivity contribution in [2.24, 2.45) is 10.1 Å². The molecule has 0 unspecified atom stereocenters. The number of thiazole rings is 1. The van der Waals surface area contributed by atoms with Crippen molar-refractivity contribution < 1.29 is 5.11 Å². The van der Waals surface area contributed by atoms with Crippen LogP contribution in [-0.4, -0.2) is 35.6 Å². The minimum absolute atomic E-state index is 0.237. The Balaban J connectivity index is 2.31. The molecule has 0 spiro atoms. The molecule has 6 heteroatoms. The molecular weight excluding hydrogens is 308 g/mol. The highest BCUT2D eigenvalue weighted by atomic mass is 32.1. The van der Waals surface area contributed by atoms with Gasteiger partial charge in [-0.15, -0.1) is 11.3 Å². The zero-order valence-corrected chi connectivity index (χ0v) is 15.0. The number of hydrogen-bond acceptors (Lipinski definition) is 5. The summed E-state index contributed by atoms with van der Waals surface area (Å²) in [6.45, 7) is 10.7. The Hall–Kier alpha value is -2.08. The fourth-order valence-electron chi connectivity index (χ4n) is 2.32. The van der Waals surface area contributed by atoms with Gasteiger partial charge in [0.2, 0.25) is 4.80 Å². The molecule has 0 fully saturated rings. The van der Waals surface area contributed by atoms with Gasteiger partial charge in [-0.1, -0.05) is 0 Å². The topological polar surface area (TPSA) is 53.1 Å². The first-order valence-electron chi connectivity index (χ1n) is 7.90. The second-order valence-corrected chi connectivity index (χ2v) is 5.94. The molecule has 0 aliphatic rings. The molecule has 0 aliphatic carbocycles. The van der Waals surface area contributed by atoms with Gasteiger partial charge in [-0.05, 0) is 39.8 Å². The summed E-state index contributed by atoms with van der Waals surface area (Å²) in [5.74, 6) is 0.237. The molecule has 2 rings (SSSR count). The monoisotopic (exact) mass is 332 g/mol. The molecule has 1 N–H and O–H groups in total. The van der Waals surface area contributed by atoms with E-state index in [1.807, 2.05) is 31.4 Å². The van der Waals surface area contributed by atoms with Crippen molar-refractivity contribution in [3.05, 3.63) is 39.6 Å². The molecule has 1 aromatic carbocycles. The largest absolute Gasteiger partial charge is 0.507 e. The van der Waals surface area contributed by atoms with E-state index in [4.69, 9.17) is 0 Å². The zero-order chi connectivity index (χ0) is 16.8. The number of aromatic hydroxyl groups is 1. The number of hydrogen-bond donors (Lipinski definition) is 1. The fourth-order valence-corrected chi connectivity index (χ4v) is 3.19. The highest BCUT2D eigenvalue weighted by Crippen LogP contribution is 2.23. The van der Waals surface area contributed by atoms with Crippen LogP contribution in [0.2, 0.25) is 0 Å². The number of anilines is 1. The van der Waals surface area contributed by atoms with E-state index in [1.165, 1.54) is 0 Å². The van der Waals surface area contributed by atoms with Gasteiger partial charge in [0.15, 0.2) is 0 Å². The van der Waals surface area contributed by atoms with Crippen molar-refractivity contribution in [2.45, 2.75) is 27.7 Å². The van der Waals surface area contributed by atoms with E-state index in [9.17, 15) is 5.11 Å². The highest BCUT2D eigenvalue weighted by Gasteiger charge is 2.06. The van der Waals surface area contributed by atoms with E-state index in [0.717, 1.165) is 35.8 Å². The van der Waals surface area contributed by atoms with Gasteiger partial charge >= 0.3 is 0 Å². The number of phenols is 1. The molecule has 124 valence electrons. The van der Waals surface area contributed by atoms with E-state index < -0.39 is 0 Å². The van der Waals surface area contributed by atoms with E-state index in [-0.39, 0.29) is 5.75 Å². The molecule has 0 aliphatic heterocycles. The Labute approximate surface area is 141 Å². The molecule has 0 bridgehead atoms. The number of rotatable bonds is 6. The van der Waals surface area contributed by atoms with Gasteiger partial charge in [-0.3, -0.25) is 4.99 Å². The first kappa shape index (κ1) is 17.3. The fraction of sp³-hybridized carbons (Fsp3) is 0.412. The molecular formula is C17H24N4OS. The standard InChI is InChI=1S/C17H24N4OS/c1-5-18-17-21(13(4)12-23-17)19-11-14-8-9-15(10-16(14)22)20(6-2)7-3/h8-12,22H,5-7H2,1-4H3. The highest BCUT2D eigenvalue weighted by molar-refractivity contribution is 7.07. The first-order valence-corrected chi connectivity index (χ1v) is 8.78. The summed E-state index contributed by atoms with van der Waals surface area (Å²) in [7, 11) is 0. The van der Waals surface area contributed by atoms with Crippen LogP contribution in [0, 0.1) is 6.92 Å². The SMILES string of the molecule is CCN=c1scc(C)n1N=Cc1ccc(N(CC)CC)cc1O. The predicted octanol–water partition coefficient (Wildman–Crippen LogP) is 3.21. The first-order chi connectivity index (χ1) is 11.1. The number of aromatic nitrogens is 1. The second kappa shape index (κ2) is 7.97. The Bertz CT molecular complexity index is 741.